The number of hydrogen-bond donors (Lipinski definition) is 1. The highest BCUT2D eigenvalue weighted by Gasteiger charge is 2.37. The molecule has 8 rings (SSSR count). The number of rotatable bonds is 14. The molecule has 11 nitrogen and oxygen atoms in total. The number of piperidine rings is 3. The number of benzene rings is 4. The predicted molar refractivity (Wildman–Crippen MR) is 217 cm³/mol. The number of fused-ring (bicyclic) bond motifs is 3. The number of amides is 1. The quantitative estimate of drug-likeness (QED) is 0.0868. The fraction of sp³-hybridized carbons (Fsp3) is 0.295. The largest absolute Gasteiger partial charge is 0.619 e. The Balaban J connectivity index is 1.15. The van der Waals surface area contributed by atoms with Crippen LogP contribution in [0.1, 0.15) is 56.9 Å². The Labute approximate surface area is 341 Å². The number of aromatic carboxylic acids is 1. The summed E-state index contributed by atoms with van der Waals surface area (Å²) >= 11 is 13.2. The van der Waals surface area contributed by atoms with Crippen molar-refractivity contribution in [1.82, 2.24) is 4.90 Å². The minimum absolute atomic E-state index is 0.0262. The van der Waals surface area contributed by atoms with E-state index in [-0.39, 0.29) is 40.8 Å². The van der Waals surface area contributed by atoms with Gasteiger partial charge in [-0.2, -0.15) is 4.73 Å². The lowest BCUT2D eigenvalue weighted by atomic mass is 9.81. The number of nitrogens with zero attached hydrogens (tertiary/aromatic N) is 3. The highest BCUT2D eigenvalue weighted by Crippen LogP contribution is 2.40. The van der Waals surface area contributed by atoms with E-state index < -0.39 is 11.9 Å². The van der Waals surface area contributed by atoms with Gasteiger partial charge in [0.05, 0.1) is 26.3 Å². The lowest BCUT2D eigenvalue weighted by Gasteiger charge is -2.44. The molecule has 0 aliphatic carbocycles. The zero-order valence-corrected chi connectivity index (χ0v) is 33.1. The van der Waals surface area contributed by atoms with E-state index in [0.717, 1.165) is 43.7 Å². The van der Waals surface area contributed by atoms with Crippen LogP contribution in [0.5, 0.6) is 17.2 Å². The molecule has 1 aromatic heterocycles. The standard InChI is InChI=1S/C44H43Cl2N3O8/c1-54-39-16-13-30(21-40(39)55-2)35(22-36-37(45)24-48(53)25-38(36)46)42-31(7-6-10-34(42)43(50)51)27-56-33-14-11-28(12-15-33)23-49(32-8-4-3-5-9-32)44(52)57-41-26-47-19-17-29(41)18-20-47/h3-16,21,24-25,29,35,41H,17-20,22-23,26-27H2,1-2H3,(H,50,51)/t35-,41-/m0/s1. The zero-order valence-electron chi connectivity index (χ0n) is 31.6. The van der Waals surface area contributed by atoms with Crippen LogP contribution in [0.2, 0.25) is 10.0 Å². The second-order valence-corrected chi connectivity index (χ2v) is 15.1. The van der Waals surface area contributed by atoms with E-state index in [9.17, 15) is 19.9 Å². The van der Waals surface area contributed by atoms with E-state index in [1.54, 1.807) is 29.2 Å². The highest BCUT2D eigenvalue weighted by atomic mass is 35.5. The van der Waals surface area contributed by atoms with Crippen molar-refractivity contribution >= 4 is 41.0 Å². The molecule has 13 heteroatoms. The van der Waals surface area contributed by atoms with Gasteiger partial charge in [0.1, 0.15) is 28.5 Å². The molecule has 3 aliphatic rings. The average Bonchev–Trinajstić information content (AvgIpc) is 3.22. The van der Waals surface area contributed by atoms with Crippen LogP contribution >= 0.6 is 23.2 Å². The predicted octanol–water partition coefficient (Wildman–Crippen LogP) is 8.53. The maximum atomic E-state index is 13.7. The fourth-order valence-electron chi connectivity index (χ4n) is 7.86. The summed E-state index contributed by atoms with van der Waals surface area (Å²) in [5.41, 5.74) is 3.96. The summed E-state index contributed by atoms with van der Waals surface area (Å²) in [5.74, 6) is 0.133. The van der Waals surface area contributed by atoms with Gasteiger partial charge in [0, 0.05) is 23.7 Å². The number of carboxylic acids is 1. The number of anilines is 1. The molecule has 296 valence electrons. The summed E-state index contributed by atoms with van der Waals surface area (Å²) in [5, 5.41) is 22.9. The summed E-state index contributed by atoms with van der Waals surface area (Å²) in [6.45, 7) is 3.20. The second-order valence-electron chi connectivity index (χ2n) is 14.3. The van der Waals surface area contributed by atoms with Gasteiger partial charge >= 0.3 is 12.1 Å². The maximum Gasteiger partial charge on any atom is 0.414 e. The Kier molecular flexibility index (Phi) is 12.4. The van der Waals surface area contributed by atoms with Gasteiger partial charge in [-0.25, -0.2) is 9.59 Å². The SMILES string of the molecule is COc1ccc([C@H](Cc2c(Cl)c[n+]([O-])cc2Cl)c2c(COc3ccc(CN(C(=O)O[C@H]4CN5CCC4CC5)c4ccccc4)cc3)cccc2C(=O)O)cc1OC. The Hall–Kier alpha value is -5.49. The van der Waals surface area contributed by atoms with Gasteiger partial charge in [-0.15, -0.1) is 0 Å². The maximum absolute atomic E-state index is 13.7. The molecule has 57 heavy (non-hydrogen) atoms. The van der Waals surface area contributed by atoms with Crippen molar-refractivity contribution in [2.24, 2.45) is 5.92 Å². The average molecular weight is 813 g/mol. The third-order valence-corrected chi connectivity index (χ3v) is 11.5. The van der Waals surface area contributed by atoms with Crippen LogP contribution < -0.4 is 23.8 Å². The first-order chi connectivity index (χ1) is 27.6. The number of hydrogen-bond acceptors (Lipinski definition) is 8. The summed E-state index contributed by atoms with van der Waals surface area (Å²) in [4.78, 5) is 30.6. The topological polar surface area (TPSA) is 125 Å². The Morgan fingerprint density at radius 2 is 1.61 bits per heavy atom. The molecular formula is C44H43Cl2N3O8. The summed E-state index contributed by atoms with van der Waals surface area (Å²) in [6.07, 6.45) is 4.17. The number of halogens is 2. The van der Waals surface area contributed by atoms with E-state index in [1.807, 2.05) is 66.7 Å². The number of ether oxygens (including phenoxy) is 4. The van der Waals surface area contributed by atoms with Crippen molar-refractivity contribution in [3.63, 3.8) is 0 Å². The summed E-state index contributed by atoms with van der Waals surface area (Å²) in [6, 6.07) is 27.4. The molecule has 1 amide bonds. The van der Waals surface area contributed by atoms with Crippen molar-refractivity contribution in [2.75, 3.05) is 38.8 Å². The molecule has 0 radical (unpaired) electrons. The van der Waals surface area contributed by atoms with Gasteiger partial charge in [0.25, 0.3) is 0 Å². The van der Waals surface area contributed by atoms with Gasteiger partial charge < -0.3 is 29.3 Å². The minimum Gasteiger partial charge on any atom is -0.619 e. The molecule has 3 aliphatic heterocycles. The van der Waals surface area contributed by atoms with Crippen molar-refractivity contribution in [3.05, 3.63) is 152 Å². The first kappa shape index (κ1) is 39.7. The van der Waals surface area contributed by atoms with E-state index in [1.165, 1.54) is 26.6 Å². The van der Waals surface area contributed by atoms with Crippen molar-refractivity contribution in [1.29, 1.82) is 0 Å². The number of para-hydroxylation sites is 1. The second kappa shape index (κ2) is 17.8. The van der Waals surface area contributed by atoms with E-state index in [2.05, 4.69) is 4.90 Å². The molecule has 0 unspecified atom stereocenters. The molecule has 3 fully saturated rings. The molecule has 4 heterocycles. The van der Waals surface area contributed by atoms with Crippen LogP contribution in [0.15, 0.2) is 103 Å². The van der Waals surface area contributed by atoms with Gasteiger partial charge in [0.2, 0.25) is 0 Å². The molecule has 0 saturated carbocycles. The first-order valence-electron chi connectivity index (χ1n) is 18.7. The molecule has 5 aromatic rings. The number of aromatic nitrogens is 1. The van der Waals surface area contributed by atoms with Crippen LogP contribution in [0.25, 0.3) is 0 Å². The van der Waals surface area contributed by atoms with Gasteiger partial charge in [-0.1, -0.05) is 71.7 Å². The smallest absolute Gasteiger partial charge is 0.414 e. The Morgan fingerprint density at radius 3 is 2.25 bits per heavy atom. The molecule has 2 bridgehead atoms. The molecule has 1 N–H and O–H groups in total. The van der Waals surface area contributed by atoms with Gasteiger partial charge in [-0.05, 0) is 103 Å². The highest BCUT2D eigenvalue weighted by molar-refractivity contribution is 6.35. The molecule has 0 spiro atoms. The summed E-state index contributed by atoms with van der Waals surface area (Å²) in [7, 11) is 3.05. The number of carbonyl (C=O) groups excluding carboxylic acids is 1. The molecule has 2 atom stereocenters. The lowest BCUT2D eigenvalue weighted by Crippen LogP contribution is -2.53. The van der Waals surface area contributed by atoms with Crippen LogP contribution in [0, 0.1) is 11.1 Å². The Morgan fingerprint density at radius 1 is 0.912 bits per heavy atom. The zero-order chi connectivity index (χ0) is 40.1. The van der Waals surface area contributed by atoms with Crippen LogP contribution in [-0.2, 0) is 24.3 Å². The van der Waals surface area contributed by atoms with Crippen molar-refractivity contribution in [2.45, 2.75) is 44.4 Å². The monoisotopic (exact) mass is 811 g/mol. The van der Waals surface area contributed by atoms with E-state index >= 15 is 0 Å². The third-order valence-electron chi connectivity index (χ3n) is 10.8. The van der Waals surface area contributed by atoms with E-state index in [0.29, 0.717) is 56.7 Å². The molecular weight excluding hydrogens is 769 g/mol. The first-order valence-corrected chi connectivity index (χ1v) is 19.5. The number of methoxy groups -OCH3 is 2. The fourth-order valence-corrected chi connectivity index (χ4v) is 8.46. The minimum atomic E-state index is -1.13. The lowest BCUT2D eigenvalue weighted by molar-refractivity contribution is -0.605. The van der Waals surface area contributed by atoms with Crippen molar-refractivity contribution < 1.29 is 38.4 Å². The number of carbonyl (C=O) groups is 2. The molecule has 4 aromatic carbocycles. The third kappa shape index (κ3) is 9.06. The number of pyridine rings is 1. The van der Waals surface area contributed by atoms with Crippen molar-refractivity contribution in [3.8, 4) is 17.2 Å². The Bertz CT molecular complexity index is 2190. The number of carboxylic acid groups (broad SMARTS) is 1. The normalized spacial score (nSPS) is 17.7. The van der Waals surface area contributed by atoms with Gasteiger partial charge in [0.15, 0.2) is 23.9 Å². The van der Waals surface area contributed by atoms with E-state index in [4.69, 9.17) is 42.1 Å². The van der Waals surface area contributed by atoms with Gasteiger partial charge in [-0.3, -0.25) is 9.80 Å². The molecule has 3 saturated heterocycles. The summed E-state index contributed by atoms with van der Waals surface area (Å²) < 4.78 is 24.1. The van der Waals surface area contributed by atoms with Crippen LogP contribution in [0.3, 0.4) is 0 Å². The van der Waals surface area contributed by atoms with Crippen LogP contribution in [0.4, 0.5) is 10.5 Å². The van der Waals surface area contributed by atoms with Crippen LogP contribution in [-0.4, -0.2) is 62.0 Å².